The number of benzene rings is 2. The molecule has 6 nitrogen and oxygen atoms in total. The van der Waals surface area contributed by atoms with Crippen LogP contribution >= 0.6 is 0 Å². The molecule has 0 saturated heterocycles. The van der Waals surface area contributed by atoms with E-state index in [1.807, 2.05) is 0 Å². The molecule has 0 aliphatic heterocycles. The van der Waals surface area contributed by atoms with Gasteiger partial charge in [-0.05, 0) is 40.6 Å². The van der Waals surface area contributed by atoms with Gasteiger partial charge in [-0.2, -0.15) is 0 Å². The van der Waals surface area contributed by atoms with Crippen molar-refractivity contribution in [1.82, 2.24) is 0 Å². The molecule has 3 rings (SSSR count). The molecule has 2 aromatic carbocycles. The largest absolute Gasteiger partial charge is 0.480 e. The minimum atomic E-state index is -1.65. The number of rotatable bonds is 2. The fourth-order valence-electron chi connectivity index (χ4n) is 2.69. The lowest BCUT2D eigenvalue weighted by molar-refractivity contribution is -0.144. The molecule has 1 aliphatic rings. The normalized spacial score (nSPS) is 17.4. The lowest BCUT2D eigenvalue weighted by Crippen LogP contribution is -2.37. The van der Waals surface area contributed by atoms with Crippen molar-refractivity contribution in [3.63, 3.8) is 0 Å². The fraction of sp³-hybridized carbons (Fsp3) is 0.125. The number of aliphatic carboxylic acids is 1. The second-order valence-corrected chi connectivity index (χ2v) is 5.16. The van der Waals surface area contributed by atoms with Crippen LogP contribution in [0.1, 0.15) is 26.3 Å². The van der Waals surface area contributed by atoms with Gasteiger partial charge >= 0.3 is 11.9 Å². The summed E-state index contributed by atoms with van der Waals surface area (Å²) >= 11 is 0. The van der Waals surface area contributed by atoms with Crippen LogP contribution in [0.3, 0.4) is 0 Å². The number of carboxylic acids is 2. The molecule has 0 bridgehead atoms. The van der Waals surface area contributed by atoms with Gasteiger partial charge in [-0.3, -0.25) is 14.4 Å². The Labute approximate surface area is 124 Å². The van der Waals surface area contributed by atoms with Crippen LogP contribution in [0.5, 0.6) is 0 Å². The number of ketones is 2. The van der Waals surface area contributed by atoms with Crippen LogP contribution in [0.2, 0.25) is 0 Å². The van der Waals surface area contributed by atoms with Gasteiger partial charge in [0, 0.05) is 12.0 Å². The van der Waals surface area contributed by atoms with Crippen LogP contribution in [0.25, 0.3) is 10.8 Å². The molecule has 110 valence electrons. The number of Topliss-reactive ketones (excluding diaryl/α,β-unsaturated/α-hetero) is 2. The van der Waals surface area contributed by atoms with Gasteiger partial charge in [0.15, 0.2) is 17.5 Å². The van der Waals surface area contributed by atoms with Crippen LogP contribution in [-0.2, 0) is 16.0 Å². The lowest BCUT2D eigenvalue weighted by atomic mass is 9.80. The molecular weight excluding hydrogens is 288 g/mol. The highest BCUT2D eigenvalue weighted by Crippen LogP contribution is 2.28. The first-order valence-electron chi connectivity index (χ1n) is 6.48. The Kier molecular flexibility index (Phi) is 3.02. The quantitative estimate of drug-likeness (QED) is 0.814. The standard InChI is InChI=1S/C16H10O6/c17-12-6-10-4-9-3-8(15(19)20)2-1-7(9)5-11(10)14(18)13(12)16(21)22/h1-5,13H,6H2,(H,19,20)(H,21,22). The van der Waals surface area contributed by atoms with E-state index in [2.05, 4.69) is 0 Å². The van der Waals surface area contributed by atoms with E-state index in [9.17, 15) is 19.2 Å². The minimum Gasteiger partial charge on any atom is -0.480 e. The fourth-order valence-corrected chi connectivity index (χ4v) is 2.69. The van der Waals surface area contributed by atoms with Crippen molar-refractivity contribution in [2.75, 3.05) is 0 Å². The summed E-state index contributed by atoms with van der Waals surface area (Å²) in [5.74, 6) is -5.54. The van der Waals surface area contributed by atoms with E-state index < -0.39 is 29.4 Å². The van der Waals surface area contributed by atoms with Crippen molar-refractivity contribution in [1.29, 1.82) is 0 Å². The molecule has 0 radical (unpaired) electrons. The van der Waals surface area contributed by atoms with E-state index in [4.69, 9.17) is 10.2 Å². The first-order chi connectivity index (χ1) is 10.4. The molecular formula is C16H10O6. The maximum Gasteiger partial charge on any atom is 0.335 e. The number of carbonyl (C=O) groups is 4. The van der Waals surface area contributed by atoms with E-state index in [0.29, 0.717) is 16.3 Å². The summed E-state index contributed by atoms with van der Waals surface area (Å²) in [5.41, 5.74) is 0.745. The summed E-state index contributed by atoms with van der Waals surface area (Å²) in [5, 5.41) is 19.2. The molecule has 2 aromatic rings. The van der Waals surface area contributed by atoms with Crippen LogP contribution in [0.15, 0.2) is 30.3 Å². The zero-order chi connectivity index (χ0) is 16.0. The Morgan fingerprint density at radius 2 is 1.73 bits per heavy atom. The average Bonchev–Trinajstić information content (AvgIpc) is 2.44. The third kappa shape index (κ3) is 2.05. The highest BCUT2D eigenvalue weighted by Gasteiger charge is 2.39. The number of hydrogen-bond acceptors (Lipinski definition) is 4. The zero-order valence-electron chi connectivity index (χ0n) is 11.2. The maximum absolute atomic E-state index is 12.2. The second-order valence-electron chi connectivity index (χ2n) is 5.16. The SMILES string of the molecule is O=C(O)c1ccc2cc3c(cc2c1)CC(=O)C(C(=O)O)C3=O. The van der Waals surface area contributed by atoms with E-state index in [1.165, 1.54) is 18.2 Å². The molecule has 1 aliphatic carbocycles. The molecule has 1 atom stereocenters. The van der Waals surface area contributed by atoms with Crippen molar-refractivity contribution in [3.05, 3.63) is 47.0 Å². The topological polar surface area (TPSA) is 109 Å². The molecule has 2 N–H and O–H groups in total. The molecule has 0 amide bonds. The zero-order valence-corrected chi connectivity index (χ0v) is 11.2. The molecule has 0 aromatic heterocycles. The first-order valence-corrected chi connectivity index (χ1v) is 6.48. The van der Waals surface area contributed by atoms with Gasteiger partial charge in [-0.1, -0.05) is 6.07 Å². The molecule has 6 heteroatoms. The highest BCUT2D eigenvalue weighted by atomic mass is 16.4. The Morgan fingerprint density at radius 1 is 1.00 bits per heavy atom. The molecule has 1 unspecified atom stereocenters. The van der Waals surface area contributed by atoms with Crippen LogP contribution in [0.4, 0.5) is 0 Å². The summed E-state index contributed by atoms with van der Waals surface area (Å²) in [6.45, 7) is 0. The Balaban J connectivity index is 2.19. The third-order valence-electron chi connectivity index (χ3n) is 3.77. The van der Waals surface area contributed by atoms with Crippen molar-refractivity contribution >= 4 is 34.3 Å². The van der Waals surface area contributed by atoms with Gasteiger partial charge in [-0.25, -0.2) is 4.79 Å². The van der Waals surface area contributed by atoms with Gasteiger partial charge in [0.2, 0.25) is 0 Å². The predicted molar refractivity (Wildman–Crippen MR) is 75.1 cm³/mol. The van der Waals surface area contributed by atoms with E-state index in [1.54, 1.807) is 12.1 Å². The van der Waals surface area contributed by atoms with Crippen molar-refractivity contribution < 1.29 is 29.4 Å². The molecule has 0 saturated carbocycles. The van der Waals surface area contributed by atoms with Gasteiger partial charge < -0.3 is 10.2 Å². The molecule has 22 heavy (non-hydrogen) atoms. The van der Waals surface area contributed by atoms with Crippen LogP contribution < -0.4 is 0 Å². The molecule has 0 fully saturated rings. The van der Waals surface area contributed by atoms with Crippen molar-refractivity contribution in [3.8, 4) is 0 Å². The number of carbonyl (C=O) groups excluding carboxylic acids is 2. The van der Waals surface area contributed by atoms with E-state index in [0.717, 1.165) is 0 Å². The van der Waals surface area contributed by atoms with Crippen molar-refractivity contribution in [2.45, 2.75) is 6.42 Å². The number of carboxylic acid groups (broad SMARTS) is 2. The Bertz CT molecular complexity index is 864. The summed E-state index contributed by atoms with van der Waals surface area (Å²) < 4.78 is 0. The van der Waals surface area contributed by atoms with Gasteiger partial charge in [0.1, 0.15) is 0 Å². The number of fused-ring (bicyclic) bond motifs is 2. The van der Waals surface area contributed by atoms with Gasteiger partial charge in [0.05, 0.1) is 5.56 Å². The van der Waals surface area contributed by atoms with Crippen LogP contribution in [-0.4, -0.2) is 33.7 Å². The summed E-state index contributed by atoms with van der Waals surface area (Å²) in [7, 11) is 0. The van der Waals surface area contributed by atoms with Crippen LogP contribution in [0, 0.1) is 5.92 Å². The smallest absolute Gasteiger partial charge is 0.335 e. The summed E-state index contributed by atoms with van der Waals surface area (Å²) in [6, 6.07) is 7.50. The van der Waals surface area contributed by atoms with Crippen molar-refractivity contribution in [2.24, 2.45) is 5.92 Å². The molecule has 0 spiro atoms. The monoisotopic (exact) mass is 298 g/mol. The minimum absolute atomic E-state index is 0.101. The van der Waals surface area contributed by atoms with Gasteiger partial charge in [-0.15, -0.1) is 0 Å². The highest BCUT2D eigenvalue weighted by molar-refractivity contribution is 6.26. The second kappa shape index (κ2) is 4.77. The van der Waals surface area contributed by atoms with E-state index in [-0.39, 0.29) is 17.5 Å². The Hall–Kier alpha value is -3.02. The molecule has 0 heterocycles. The number of aromatic carboxylic acids is 1. The summed E-state index contributed by atoms with van der Waals surface area (Å²) in [4.78, 5) is 46.1. The Morgan fingerprint density at radius 3 is 2.36 bits per heavy atom. The summed E-state index contributed by atoms with van der Waals surface area (Å²) in [6.07, 6.45) is -0.148. The average molecular weight is 298 g/mol. The van der Waals surface area contributed by atoms with Gasteiger partial charge in [0.25, 0.3) is 0 Å². The van der Waals surface area contributed by atoms with E-state index >= 15 is 0 Å². The lowest BCUT2D eigenvalue weighted by Gasteiger charge is -2.20. The number of hydrogen-bond donors (Lipinski definition) is 2. The first kappa shape index (κ1) is 13.9. The predicted octanol–water partition coefficient (Wildman–Crippen LogP) is 1.55. The maximum atomic E-state index is 12.2. The third-order valence-corrected chi connectivity index (χ3v) is 3.77.